The molecule has 0 unspecified atom stereocenters. The summed E-state index contributed by atoms with van der Waals surface area (Å²) in [5.74, 6) is 1.88. The van der Waals surface area contributed by atoms with Crippen molar-refractivity contribution in [1.82, 2.24) is 0 Å². The molecule has 1 nitrogen and oxygen atoms in total. The van der Waals surface area contributed by atoms with E-state index >= 15 is 0 Å². The number of terminal acetylenes is 1. The molecule has 0 bridgehead atoms. The summed E-state index contributed by atoms with van der Waals surface area (Å²) in [7, 11) is 0. The third-order valence-electron chi connectivity index (χ3n) is 0.0833. The maximum absolute atomic E-state index is 9.06. The summed E-state index contributed by atoms with van der Waals surface area (Å²) in [6.45, 7) is -0.403. The van der Waals surface area contributed by atoms with Gasteiger partial charge in [-0.25, -0.2) is 5.11 Å². The van der Waals surface area contributed by atoms with Crippen molar-refractivity contribution < 1.29 is 5.11 Å². The maximum Gasteiger partial charge on any atom is 0.142 e. The van der Waals surface area contributed by atoms with E-state index in [-0.39, 0.29) is 7.43 Å². The minimum absolute atomic E-state index is 0. The molecule has 0 saturated carbocycles. The van der Waals surface area contributed by atoms with E-state index < -0.39 is 6.61 Å². The number of rotatable bonds is 0. The van der Waals surface area contributed by atoms with Crippen LogP contribution in [0.2, 0.25) is 0 Å². The van der Waals surface area contributed by atoms with E-state index in [0.717, 1.165) is 0 Å². The molecule has 5 heavy (non-hydrogen) atoms. The molecule has 0 aromatic heterocycles. The van der Waals surface area contributed by atoms with Crippen LogP contribution in [0.1, 0.15) is 0 Å². The van der Waals surface area contributed by atoms with Crippen LogP contribution in [-0.2, 0) is 5.11 Å². The van der Waals surface area contributed by atoms with Crippen molar-refractivity contribution in [2.75, 3.05) is 6.61 Å². The Labute approximate surface area is 32.6 Å². The van der Waals surface area contributed by atoms with Gasteiger partial charge in [-0.15, -0.1) is 6.42 Å². The van der Waals surface area contributed by atoms with Gasteiger partial charge in [-0.2, -0.15) is 0 Å². The van der Waals surface area contributed by atoms with Crippen LogP contribution in [0.5, 0.6) is 0 Å². The van der Waals surface area contributed by atoms with Crippen molar-refractivity contribution >= 4 is 0 Å². The zero-order valence-electron chi connectivity index (χ0n) is 2.69. The van der Waals surface area contributed by atoms with Crippen LogP contribution in [0, 0.1) is 19.8 Å². The molecule has 25 valence electrons. The lowest BCUT2D eigenvalue weighted by atomic mass is 10.8. The minimum Gasteiger partial charge on any atom is -0.223 e. The smallest absolute Gasteiger partial charge is 0.142 e. The Bertz CT molecular complexity index is 33.4. The Kier molecular flexibility index (Phi) is 17.1. The topological polar surface area (TPSA) is 19.9 Å². The first-order valence-corrected chi connectivity index (χ1v) is 0.931. The lowest BCUT2D eigenvalue weighted by Gasteiger charge is -1.49. The van der Waals surface area contributed by atoms with E-state index in [0.29, 0.717) is 0 Å². The fourth-order valence-electron chi connectivity index (χ4n) is 0. The normalized spacial score (nSPS) is 4.00. The van der Waals surface area contributed by atoms with Crippen LogP contribution in [0.25, 0.3) is 0 Å². The molecule has 1 heteroatoms. The summed E-state index contributed by atoms with van der Waals surface area (Å²) in [4.78, 5) is 0. The zero-order valence-corrected chi connectivity index (χ0v) is 2.69. The van der Waals surface area contributed by atoms with Crippen molar-refractivity contribution in [2.24, 2.45) is 0 Å². The van der Waals surface area contributed by atoms with E-state index in [4.69, 9.17) is 5.11 Å². The number of hydrogen-bond donors (Lipinski definition) is 0. The quantitative estimate of drug-likeness (QED) is 0.359. The van der Waals surface area contributed by atoms with Gasteiger partial charge in [0.25, 0.3) is 0 Å². The lowest BCUT2D eigenvalue weighted by molar-refractivity contribution is 0.239. The van der Waals surface area contributed by atoms with Crippen molar-refractivity contribution in [3.63, 3.8) is 0 Å². The van der Waals surface area contributed by atoms with Crippen molar-refractivity contribution in [3.05, 3.63) is 7.43 Å². The molecule has 0 spiro atoms. The van der Waals surface area contributed by atoms with Crippen molar-refractivity contribution in [3.8, 4) is 12.3 Å². The van der Waals surface area contributed by atoms with Gasteiger partial charge < -0.3 is 0 Å². The van der Waals surface area contributed by atoms with Gasteiger partial charge in [0, 0.05) is 7.43 Å². The molecular weight excluding hydrogens is 64.0 g/mol. The Morgan fingerprint density at radius 2 is 2.00 bits per heavy atom. The molecule has 0 aromatic rings. The molecule has 0 atom stereocenters. The summed E-state index contributed by atoms with van der Waals surface area (Å²) >= 11 is 0. The van der Waals surface area contributed by atoms with E-state index in [1.807, 2.05) is 5.92 Å². The molecule has 0 amide bonds. The molecule has 0 aliphatic heterocycles. The predicted molar refractivity (Wildman–Crippen MR) is 17.6 cm³/mol. The van der Waals surface area contributed by atoms with Crippen LogP contribution in [0.15, 0.2) is 0 Å². The van der Waals surface area contributed by atoms with Gasteiger partial charge in [0.15, 0.2) is 0 Å². The lowest BCUT2D eigenvalue weighted by Crippen LogP contribution is -1.60. The van der Waals surface area contributed by atoms with Gasteiger partial charge in [0.05, 0.1) is 0 Å². The van der Waals surface area contributed by atoms with Crippen LogP contribution >= 0.6 is 0 Å². The van der Waals surface area contributed by atoms with Gasteiger partial charge in [0.2, 0.25) is 0 Å². The molecule has 0 aliphatic rings. The number of hydrogen-bond acceptors (Lipinski definition) is 0. The first-order valence-electron chi connectivity index (χ1n) is 0.931. The van der Waals surface area contributed by atoms with Crippen LogP contribution < -0.4 is 0 Å². The molecule has 5 radical (unpaired) electrons. The highest BCUT2D eigenvalue weighted by Gasteiger charge is 1.48. The zero-order chi connectivity index (χ0) is 3.41. The monoisotopic (exact) mass is 67.0 g/mol. The third-order valence-corrected chi connectivity index (χ3v) is 0.0833. The molecule has 0 N–H and O–H groups in total. The fraction of sp³-hybridized carbons (Fsp3) is 0.250. The molecule has 0 aromatic carbocycles. The van der Waals surface area contributed by atoms with Crippen molar-refractivity contribution in [2.45, 2.75) is 0 Å². The summed E-state index contributed by atoms with van der Waals surface area (Å²) < 4.78 is 0. The summed E-state index contributed by atoms with van der Waals surface area (Å²) in [6.07, 6.45) is 4.47. The maximum atomic E-state index is 9.06. The Balaban J connectivity index is 0. The summed E-state index contributed by atoms with van der Waals surface area (Å²) in [6, 6.07) is 0. The Morgan fingerprint density at radius 3 is 2.00 bits per heavy atom. The second-order valence-electron chi connectivity index (χ2n) is 0.348. The molecule has 0 fully saturated rings. The van der Waals surface area contributed by atoms with Crippen molar-refractivity contribution in [1.29, 1.82) is 0 Å². The molecule has 0 heterocycles. The highest BCUT2D eigenvalue weighted by molar-refractivity contribution is 4.81. The van der Waals surface area contributed by atoms with Crippen LogP contribution in [-0.4, -0.2) is 6.61 Å². The molecule has 0 aliphatic carbocycles. The minimum atomic E-state index is -0.403. The van der Waals surface area contributed by atoms with Gasteiger partial charge in [-0.05, 0) is 0 Å². The summed E-state index contributed by atoms with van der Waals surface area (Å²) in [5, 5.41) is 9.06. The van der Waals surface area contributed by atoms with E-state index in [1.54, 1.807) is 0 Å². The third kappa shape index (κ3) is 30.1. The van der Waals surface area contributed by atoms with Crippen LogP contribution in [0.4, 0.5) is 0 Å². The van der Waals surface area contributed by atoms with Gasteiger partial charge >= 0.3 is 0 Å². The fourth-order valence-corrected chi connectivity index (χ4v) is 0. The Hall–Kier alpha value is -0.480. The standard InChI is InChI=1S/C3H3O.C/c1-2-3-4;/h1H,3H2;. The van der Waals surface area contributed by atoms with E-state index in [1.165, 1.54) is 0 Å². The predicted octanol–water partition coefficient (Wildman–Crippen LogP) is 0.131. The largest absolute Gasteiger partial charge is 0.223 e. The first kappa shape index (κ1) is 8.82. The SMILES string of the molecule is C#CC[O].[C]. The van der Waals surface area contributed by atoms with Gasteiger partial charge in [-0.1, -0.05) is 5.92 Å². The second-order valence-corrected chi connectivity index (χ2v) is 0.348. The van der Waals surface area contributed by atoms with Gasteiger partial charge in [0.1, 0.15) is 6.61 Å². The molecular formula is C4H3O. The van der Waals surface area contributed by atoms with Crippen LogP contribution in [0.3, 0.4) is 0 Å². The van der Waals surface area contributed by atoms with E-state index in [2.05, 4.69) is 6.42 Å². The summed E-state index contributed by atoms with van der Waals surface area (Å²) in [5.41, 5.74) is 0. The van der Waals surface area contributed by atoms with E-state index in [9.17, 15) is 0 Å². The first-order chi connectivity index (χ1) is 1.91. The average molecular weight is 67.1 g/mol. The molecule has 0 rings (SSSR count). The highest BCUT2D eigenvalue weighted by Crippen LogP contribution is 1.37. The molecule has 0 saturated heterocycles. The van der Waals surface area contributed by atoms with Gasteiger partial charge in [-0.3, -0.25) is 0 Å². The second kappa shape index (κ2) is 9.68. The highest BCUT2D eigenvalue weighted by atomic mass is 16.2. The average Bonchev–Trinajstić information content (AvgIpc) is 1.37. The Morgan fingerprint density at radius 1 is 1.80 bits per heavy atom.